The Kier molecular flexibility index (Phi) is 8.08. The normalized spacial score (nSPS) is 15.0. The van der Waals surface area contributed by atoms with Crippen molar-refractivity contribution in [2.24, 2.45) is 0 Å². The second-order valence-corrected chi connectivity index (χ2v) is 8.25. The lowest BCUT2D eigenvalue weighted by Crippen LogP contribution is -2.30. The molecule has 0 spiro atoms. The molecule has 0 amide bonds. The summed E-state index contributed by atoms with van der Waals surface area (Å²) < 4.78 is 37.6. The molecule has 0 atom stereocenters. The molecule has 0 unspecified atom stereocenters. The maximum absolute atomic E-state index is 12.7. The summed E-state index contributed by atoms with van der Waals surface area (Å²) in [6, 6.07) is 4.78. The number of rotatable bonds is 9. The van der Waals surface area contributed by atoms with Crippen molar-refractivity contribution in [3.8, 4) is 5.75 Å². The molecule has 1 saturated heterocycles. The number of nitrogens with zero attached hydrogens (tertiary/aromatic N) is 1. The molecule has 2 rings (SSSR count). The zero-order chi connectivity index (χ0) is 19.0. The number of nitrogens with one attached hydrogen (secondary N) is 2. The molecule has 1 fully saturated rings. The molecular formula is C17H27N3O4S2. The van der Waals surface area contributed by atoms with Gasteiger partial charge in [-0.2, -0.15) is 4.31 Å². The van der Waals surface area contributed by atoms with E-state index in [1.54, 1.807) is 18.2 Å². The molecule has 0 bridgehead atoms. The van der Waals surface area contributed by atoms with E-state index in [4.69, 9.17) is 21.7 Å². The second-order valence-electron chi connectivity index (χ2n) is 5.90. The average Bonchev–Trinajstić information content (AvgIpc) is 3.17. The van der Waals surface area contributed by atoms with Gasteiger partial charge in [0.25, 0.3) is 0 Å². The SMILES string of the molecule is CCOCCCNC(=S)Nc1cc(S(=O)(=O)N2CCCC2)ccc1OC. The van der Waals surface area contributed by atoms with Crippen LogP contribution in [0.1, 0.15) is 26.2 Å². The molecule has 9 heteroatoms. The van der Waals surface area contributed by atoms with Gasteiger partial charge in [-0.3, -0.25) is 0 Å². The lowest BCUT2D eigenvalue weighted by Gasteiger charge is -2.18. The molecule has 1 heterocycles. The van der Waals surface area contributed by atoms with Crippen LogP contribution in [0.25, 0.3) is 0 Å². The molecule has 1 aromatic carbocycles. The van der Waals surface area contributed by atoms with Gasteiger partial charge in [0.1, 0.15) is 5.75 Å². The number of hydrogen-bond donors (Lipinski definition) is 2. The van der Waals surface area contributed by atoms with Gasteiger partial charge >= 0.3 is 0 Å². The van der Waals surface area contributed by atoms with Crippen molar-refractivity contribution >= 4 is 33.0 Å². The van der Waals surface area contributed by atoms with E-state index in [2.05, 4.69) is 10.6 Å². The summed E-state index contributed by atoms with van der Waals surface area (Å²) in [5.41, 5.74) is 0.523. The third-order valence-electron chi connectivity index (χ3n) is 4.08. The summed E-state index contributed by atoms with van der Waals surface area (Å²) in [6.07, 6.45) is 2.63. The fourth-order valence-electron chi connectivity index (χ4n) is 2.71. The van der Waals surface area contributed by atoms with Crippen molar-refractivity contribution in [2.45, 2.75) is 31.1 Å². The highest BCUT2D eigenvalue weighted by atomic mass is 32.2. The van der Waals surface area contributed by atoms with E-state index in [0.29, 0.717) is 49.4 Å². The van der Waals surface area contributed by atoms with E-state index in [0.717, 1.165) is 19.3 Å². The van der Waals surface area contributed by atoms with Crippen molar-refractivity contribution in [3.05, 3.63) is 18.2 Å². The molecule has 2 N–H and O–H groups in total. The van der Waals surface area contributed by atoms with E-state index < -0.39 is 10.0 Å². The number of sulfonamides is 1. The Morgan fingerprint density at radius 1 is 1.31 bits per heavy atom. The largest absolute Gasteiger partial charge is 0.495 e. The molecule has 26 heavy (non-hydrogen) atoms. The Labute approximate surface area is 161 Å². The fraction of sp³-hybridized carbons (Fsp3) is 0.588. The van der Waals surface area contributed by atoms with Crippen LogP contribution in [0.3, 0.4) is 0 Å². The lowest BCUT2D eigenvalue weighted by atomic mass is 10.3. The van der Waals surface area contributed by atoms with E-state index in [1.165, 1.54) is 11.4 Å². The van der Waals surface area contributed by atoms with Crippen LogP contribution in [0, 0.1) is 0 Å². The average molecular weight is 402 g/mol. The minimum atomic E-state index is -3.49. The third-order valence-corrected chi connectivity index (χ3v) is 6.22. The Hall–Kier alpha value is -1.42. The quantitative estimate of drug-likeness (QED) is 0.485. The van der Waals surface area contributed by atoms with Gasteiger partial charge in [-0.1, -0.05) is 0 Å². The predicted octanol–water partition coefficient (Wildman–Crippen LogP) is 2.19. The number of ether oxygens (including phenoxy) is 2. The number of anilines is 1. The van der Waals surface area contributed by atoms with E-state index in [1.807, 2.05) is 6.92 Å². The molecule has 0 radical (unpaired) electrons. The molecule has 1 aliphatic rings. The van der Waals surface area contributed by atoms with Crippen molar-refractivity contribution in [2.75, 3.05) is 45.3 Å². The summed E-state index contributed by atoms with van der Waals surface area (Å²) in [6.45, 7) is 5.11. The number of benzene rings is 1. The smallest absolute Gasteiger partial charge is 0.243 e. The summed E-state index contributed by atoms with van der Waals surface area (Å²) in [5, 5.41) is 6.52. The Balaban J connectivity index is 2.06. The van der Waals surface area contributed by atoms with Crippen molar-refractivity contribution in [3.63, 3.8) is 0 Å². The maximum atomic E-state index is 12.7. The van der Waals surface area contributed by atoms with Gasteiger partial charge in [0.2, 0.25) is 10.0 Å². The second kappa shape index (κ2) is 10.1. The van der Waals surface area contributed by atoms with Crippen LogP contribution in [0.5, 0.6) is 5.75 Å². The number of thiocarbonyl (C=S) groups is 1. The summed E-state index contributed by atoms with van der Waals surface area (Å²) in [5.74, 6) is 0.531. The molecule has 0 saturated carbocycles. The van der Waals surface area contributed by atoms with Gasteiger partial charge < -0.3 is 20.1 Å². The van der Waals surface area contributed by atoms with Crippen LogP contribution in [0.2, 0.25) is 0 Å². The Morgan fingerprint density at radius 3 is 2.69 bits per heavy atom. The monoisotopic (exact) mass is 401 g/mol. The maximum Gasteiger partial charge on any atom is 0.243 e. The third kappa shape index (κ3) is 5.54. The van der Waals surface area contributed by atoms with Crippen LogP contribution >= 0.6 is 12.2 Å². The van der Waals surface area contributed by atoms with Gasteiger partial charge in [-0.25, -0.2) is 8.42 Å². The van der Waals surface area contributed by atoms with Crippen LogP contribution in [0.15, 0.2) is 23.1 Å². The van der Waals surface area contributed by atoms with Crippen molar-refractivity contribution < 1.29 is 17.9 Å². The molecule has 0 aromatic heterocycles. The van der Waals surface area contributed by atoms with Crippen LogP contribution in [-0.4, -0.2) is 57.8 Å². The van der Waals surface area contributed by atoms with Crippen molar-refractivity contribution in [1.82, 2.24) is 9.62 Å². The minimum absolute atomic E-state index is 0.238. The first-order valence-electron chi connectivity index (χ1n) is 8.80. The number of hydrogen-bond acceptors (Lipinski definition) is 5. The topological polar surface area (TPSA) is 79.9 Å². The standard InChI is InChI=1S/C17H27N3O4S2/c1-3-24-12-6-9-18-17(25)19-15-13-14(7-8-16(15)23-2)26(21,22)20-10-4-5-11-20/h7-8,13H,3-6,9-12H2,1-2H3,(H2,18,19,25). The van der Waals surface area contributed by atoms with E-state index in [9.17, 15) is 8.42 Å². The zero-order valence-corrected chi connectivity index (χ0v) is 16.9. The summed E-state index contributed by atoms with van der Waals surface area (Å²) in [4.78, 5) is 0.238. The van der Waals surface area contributed by atoms with Gasteiger partial charge in [-0.05, 0) is 56.6 Å². The lowest BCUT2D eigenvalue weighted by molar-refractivity contribution is 0.146. The molecule has 7 nitrogen and oxygen atoms in total. The van der Waals surface area contributed by atoms with Gasteiger partial charge in [0.05, 0.1) is 17.7 Å². The highest BCUT2D eigenvalue weighted by Gasteiger charge is 2.27. The Morgan fingerprint density at radius 2 is 2.04 bits per heavy atom. The molecule has 1 aromatic rings. The molecular weight excluding hydrogens is 374 g/mol. The highest BCUT2D eigenvalue weighted by molar-refractivity contribution is 7.89. The van der Waals surface area contributed by atoms with Crippen LogP contribution < -0.4 is 15.4 Å². The van der Waals surface area contributed by atoms with Gasteiger partial charge in [0, 0.05) is 32.8 Å². The zero-order valence-electron chi connectivity index (χ0n) is 15.3. The van der Waals surface area contributed by atoms with Gasteiger partial charge in [0.15, 0.2) is 5.11 Å². The predicted molar refractivity (Wildman–Crippen MR) is 106 cm³/mol. The molecule has 146 valence electrons. The van der Waals surface area contributed by atoms with Crippen LogP contribution in [0.4, 0.5) is 5.69 Å². The first-order chi connectivity index (χ1) is 12.5. The highest BCUT2D eigenvalue weighted by Crippen LogP contribution is 2.30. The Bertz CT molecular complexity index is 704. The van der Waals surface area contributed by atoms with Gasteiger partial charge in [-0.15, -0.1) is 0 Å². The fourth-order valence-corrected chi connectivity index (χ4v) is 4.47. The molecule has 1 aliphatic heterocycles. The molecule has 0 aliphatic carbocycles. The summed E-state index contributed by atoms with van der Waals surface area (Å²) in [7, 11) is -1.96. The number of methoxy groups -OCH3 is 1. The van der Waals surface area contributed by atoms with Crippen LogP contribution in [-0.2, 0) is 14.8 Å². The van der Waals surface area contributed by atoms with E-state index >= 15 is 0 Å². The van der Waals surface area contributed by atoms with Crippen molar-refractivity contribution in [1.29, 1.82) is 0 Å². The van der Waals surface area contributed by atoms with E-state index in [-0.39, 0.29) is 4.90 Å². The first-order valence-corrected chi connectivity index (χ1v) is 10.6. The summed E-state index contributed by atoms with van der Waals surface area (Å²) >= 11 is 5.29. The first kappa shape index (κ1) is 20.9. The minimum Gasteiger partial charge on any atom is -0.495 e.